The lowest BCUT2D eigenvalue weighted by molar-refractivity contribution is 0.0506. The van der Waals surface area contributed by atoms with E-state index in [1.54, 1.807) is 6.07 Å². The van der Waals surface area contributed by atoms with Gasteiger partial charge in [0.1, 0.15) is 5.75 Å². The molecule has 4 heteroatoms. The van der Waals surface area contributed by atoms with Crippen molar-refractivity contribution in [2.75, 3.05) is 6.61 Å². The van der Waals surface area contributed by atoms with Crippen molar-refractivity contribution in [3.8, 4) is 16.9 Å². The van der Waals surface area contributed by atoms with Crippen molar-refractivity contribution >= 4 is 23.6 Å². The van der Waals surface area contributed by atoms with E-state index in [9.17, 15) is 9.90 Å². The van der Waals surface area contributed by atoms with Crippen LogP contribution in [0.4, 0.5) is 0 Å². The van der Waals surface area contributed by atoms with Crippen LogP contribution in [0.15, 0.2) is 43.0 Å². The number of carbonyl (C=O) groups is 1. The Morgan fingerprint density at radius 3 is 2.64 bits per heavy atom. The van der Waals surface area contributed by atoms with Crippen LogP contribution in [0.2, 0.25) is 5.02 Å². The predicted octanol–water partition coefficient (Wildman–Crippen LogP) is 4.92. The molecule has 0 heterocycles. The second kappa shape index (κ2) is 7.14. The largest absolute Gasteiger partial charge is 0.506 e. The second-order valence-corrected chi connectivity index (χ2v) is 5.13. The maximum Gasteiger partial charge on any atom is 0.338 e. The molecule has 114 valence electrons. The molecule has 0 amide bonds. The number of benzene rings is 2. The lowest BCUT2D eigenvalue weighted by Crippen LogP contribution is -2.08. The van der Waals surface area contributed by atoms with Crippen LogP contribution in [0.1, 0.15) is 29.3 Å². The number of carbonyl (C=O) groups excluding carboxylic acids is 1. The second-order valence-electron chi connectivity index (χ2n) is 4.76. The molecule has 2 aromatic rings. The minimum Gasteiger partial charge on any atom is -0.506 e. The lowest BCUT2D eigenvalue weighted by atomic mass is 9.96. The van der Waals surface area contributed by atoms with Crippen LogP contribution in [-0.2, 0) is 4.74 Å². The molecule has 0 spiro atoms. The number of ether oxygens (including phenoxy) is 1. The third-order valence-corrected chi connectivity index (χ3v) is 3.58. The number of phenolic OH excluding ortho intramolecular Hbond substituents is 1. The Kier molecular flexibility index (Phi) is 5.23. The van der Waals surface area contributed by atoms with Gasteiger partial charge in [0.2, 0.25) is 0 Å². The Hall–Kier alpha value is -2.26. The quantitative estimate of drug-likeness (QED) is 0.796. The molecule has 2 rings (SSSR count). The third-order valence-electron chi connectivity index (χ3n) is 3.21. The standard InChI is InChI=1S/C18H17ClO3/c1-3-10-22-18(21)14-11-12(4-2)17(20)16(19)15(14)13-8-6-5-7-9-13/h4-9,11,20H,2-3,10H2,1H3. The fourth-order valence-electron chi connectivity index (χ4n) is 2.14. The van der Waals surface area contributed by atoms with E-state index in [1.807, 2.05) is 37.3 Å². The Morgan fingerprint density at radius 2 is 2.05 bits per heavy atom. The molecule has 0 aliphatic heterocycles. The minimum atomic E-state index is -0.467. The highest BCUT2D eigenvalue weighted by Crippen LogP contribution is 2.40. The van der Waals surface area contributed by atoms with E-state index in [2.05, 4.69) is 6.58 Å². The highest BCUT2D eigenvalue weighted by molar-refractivity contribution is 6.36. The van der Waals surface area contributed by atoms with Gasteiger partial charge in [0.25, 0.3) is 0 Å². The van der Waals surface area contributed by atoms with Crippen LogP contribution in [-0.4, -0.2) is 17.7 Å². The third kappa shape index (κ3) is 3.15. The van der Waals surface area contributed by atoms with Crippen LogP contribution in [0, 0.1) is 0 Å². The van der Waals surface area contributed by atoms with Gasteiger partial charge in [-0.25, -0.2) is 4.79 Å². The molecule has 0 fully saturated rings. The van der Waals surface area contributed by atoms with Gasteiger partial charge in [0.05, 0.1) is 17.2 Å². The summed E-state index contributed by atoms with van der Waals surface area (Å²) in [7, 11) is 0. The van der Waals surface area contributed by atoms with Gasteiger partial charge in [-0.15, -0.1) is 0 Å². The number of halogens is 1. The number of phenols is 1. The van der Waals surface area contributed by atoms with Crippen molar-refractivity contribution in [3.05, 3.63) is 59.1 Å². The smallest absolute Gasteiger partial charge is 0.338 e. The first kappa shape index (κ1) is 16.1. The molecule has 0 saturated carbocycles. The summed E-state index contributed by atoms with van der Waals surface area (Å²) >= 11 is 6.29. The summed E-state index contributed by atoms with van der Waals surface area (Å²) in [4.78, 5) is 12.3. The molecule has 3 nitrogen and oxygen atoms in total. The first-order chi connectivity index (χ1) is 10.6. The highest BCUT2D eigenvalue weighted by Gasteiger charge is 2.21. The summed E-state index contributed by atoms with van der Waals surface area (Å²) in [6.45, 7) is 5.88. The first-order valence-corrected chi connectivity index (χ1v) is 7.38. The van der Waals surface area contributed by atoms with Crippen molar-refractivity contribution in [1.29, 1.82) is 0 Å². The number of hydrogen-bond acceptors (Lipinski definition) is 3. The molecule has 2 aromatic carbocycles. The molecule has 0 unspecified atom stereocenters. The van der Waals surface area contributed by atoms with Gasteiger partial charge in [-0.05, 0) is 18.1 Å². The van der Waals surface area contributed by atoms with Gasteiger partial charge >= 0.3 is 5.97 Å². The van der Waals surface area contributed by atoms with Gasteiger partial charge in [-0.1, -0.05) is 61.5 Å². The van der Waals surface area contributed by atoms with Crippen molar-refractivity contribution in [2.45, 2.75) is 13.3 Å². The highest BCUT2D eigenvalue weighted by atomic mass is 35.5. The molecule has 0 aliphatic rings. The van der Waals surface area contributed by atoms with Gasteiger partial charge in [0, 0.05) is 11.1 Å². The maximum atomic E-state index is 12.3. The molecule has 0 aromatic heterocycles. The Morgan fingerprint density at radius 1 is 1.36 bits per heavy atom. The molecule has 0 aliphatic carbocycles. The maximum absolute atomic E-state index is 12.3. The lowest BCUT2D eigenvalue weighted by Gasteiger charge is -2.14. The van der Waals surface area contributed by atoms with Crippen LogP contribution < -0.4 is 0 Å². The van der Waals surface area contributed by atoms with Crippen LogP contribution in [0.25, 0.3) is 17.2 Å². The van der Waals surface area contributed by atoms with Crippen LogP contribution >= 0.6 is 11.6 Å². The number of rotatable bonds is 5. The summed E-state index contributed by atoms with van der Waals surface area (Å²) in [5.41, 5.74) is 1.92. The SMILES string of the molecule is C=Cc1cc(C(=O)OCCC)c(-c2ccccc2)c(Cl)c1O. The fraction of sp³-hybridized carbons (Fsp3) is 0.167. The van der Waals surface area contributed by atoms with E-state index in [4.69, 9.17) is 16.3 Å². The van der Waals surface area contributed by atoms with E-state index in [-0.39, 0.29) is 10.8 Å². The Bertz CT molecular complexity index is 693. The molecule has 1 N–H and O–H groups in total. The Balaban J connectivity index is 2.66. The van der Waals surface area contributed by atoms with Crippen molar-refractivity contribution in [1.82, 2.24) is 0 Å². The molecule has 22 heavy (non-hydrogen) atoms. The zero-order valence-electron chi connectivity index (χ0n) is 12.3. The van der Waals surface area contributed by atoms with E-state index < -0.39 is 5.97 Å². The number of aromatic hydroxyl groups is 1. The minimum absolute atomic E-state index is 0.0949. The van der Waals surface area contributed by atoms with E-state index in [0.29, 0.717) is 23.3 Å². The number of hydrogen-bond donors (Lipinski definition) is 1. The predicted molar refractivity (Wildman–Crippen MR) is 89.2 cm³/mol. The summed E-state index contributed by atoms with van der Waals surface area (Å²) in [6.07, 6.45) is 2.18. The molecular weight excluding hydrogens is 300 g/mol. The first-order valence-electron chi connectivity index (χ1n) is 7.00. The summed E-state index contributed by atoms with van der Waals surface area (Å²) < 4.78 is 5.22. The van der Waals surface area contributed by atoms with Crippen molar-refractivity contribution < 1.29 is 14.6 Å². The van der Waals surface area contributed by atoms with Gasteiger partial charge < -0.3 is 9.84 Å². The average Bonchev–Trinajstić information content (AvgIpc) is 2.55. The normalized spacial score (nSPS) is 10.3. The van der Waals surface area contributed by atoms with E-state index in [0.717, 1.165) is 12.0 Å². The topological polar surface area (TPSA) is 46.5 Å². The zero-order chi connectivity index (χ0) is 16.1. The van der Waals surface area contributed by atoms with Crippen LogP contribution in [0.5, 0.6) is 5.75 Å². The van der Waals surface area contributed by atoms with Crippen molar-refractivity contribution in [2.24, 2.45) is 0 Å². The average molecular weight is 317 g/mol. The van der Waals surface area contributed by atoms with Gasteiger partial charge in [-0.2, -0.15) is 0 Å². The van der Waals surface area contributed by atoms with Gasteiger partial charge in [-0.3, -0.25) is 0 Å². The zero-order valence-corrected chi connectivity index (χ0v) is 13.1. The van der Waals surface area contributed by atoms with Crippen molar-refractivity contribution in [3.63, 3.8) is 0 Å². The molecule has 0 bridgehead atoms. The van der Waals surface area contributed by atoms with Crippen LogP contribution in [0.3, 0.4) is 0 Å². The fourth-order valence-corrected chi connectivity index (χ4v) is 2.46. The van der Waals surface area contributed by atoms with Gasteiger partial charge in [0.15, 0.2) is 0 Å². The number of esters is 1. The Labute approximate surface area is 134 Å². The monoisotopic (exact) mass is 316 g/mol. The van der Waals surface area contributed by atoms with E-state index in [1.165, 1.54) is 6.08 Å². The molecular formula is C18H17ClO3. The molecule has 0 radical (unpaired) electrons. The summed E-state index contributed by atoms with van der Waals surface area (Å²) in [5.74, 6) is -0.562. The summed E-state index contributed by atoms with van der Waals surface area (Å²) in [5, 5.41) is 10.3. The molecule has 0 saturated heterocycles. The summed E-state index contributed by atoms with van der Waals surface area (Å²) in [6, 6.07) is 10.7. The molecule has 0 atom stereocenters. The van der Waals surface area contributed by atoms with E-state index >= 15 is 0 Å².